The largest absolute Gasteiger partial charge is 0.495 e. The van der Waals surface area contributed by atoms with Crippen molar-refractivity contribution in [2.75, 3.05) is 32.3 Å². The number of alkyl halides is 3. The van der Waals surface area contributed by atoms with Crippen LogP contribution in [0.4, 0.5) is 18.9 Å². The van der Waals surface area contributed by atoms with E-state index in [4.69, 9.17) is 26.2 Å². The number of benzene rings is 2. The molecule has 1 amide bonds. The molecular weight excluding hydrogens is 523 g/mol. The lowest BCUT2D eigenvalue weighted by atomic mass is 9.98. The summed E-state index contributed by atoms with van der Waals surface area (Å²) >= 11 is 6.48. The summed E-state index contributed by atoms with van der Waals surface area (Å²) in [6.07, 6.45) is -2.84. The Kier molecular flexibility index (Phi) is 9.20. The lowest BCUT2D eigenvalue weighted by Crippen LogP contribution is -2.28. The number of nitrogens with zero attached hydrogens (tertiary/aromatic N) is 3. The van der Waals surface area contributed by atoms with Crippen LogP contribution in [0.1, 0.15) is 40.0 Å². The number of aliphatic hydroxyl groups is 1. The van der Waals surface area contributed by atoms with Gasteiger partial charge < -0.3 is 19.5 Å². The molecule has 0 atom stereocenters. The minimum atomic E-state index is -4.74. The zero-order chi connectivity index (χ0) is 28.0. The number of anilines is 1. The maximum absolute atomic E-state index is 13.8. The van der Waals surface area contributed by atoms with E-state index in [1.54, 1.807) is 25.2 Å². The van der Waals surface area contributed by atoms with E-state index in [2.05, 4.69) is 4.98 Å². The Morgan fingerprint density at radius 2 is 1.92 bits per heavy atom. The van der Waals surface area contributed by atoms with Gasteiger partial charge in [0.05, 0.1) is 41.6 Å². The Hall–Kier alpha value is -3.81. The molecule has 0 saturated heterocycles. The molecule has 0 unspecified atom stereocenters. The van der Waals surface area contributed by atoms with Gasteiger partial charge in [-0.2, -0.15) is 18.4 Å². The van der Waals surface area contributed by atoms with Gasteiger partial charge >= 0.3 is 6.18 Å². The summed E-state index contributed by atoms with van der Waals surface area (Å²) in [7, 11) is 3.03. The SMILES string of the molecule is COc1cccc(C)c1N(C)C(=O)c1cc(-c2cnc(C(F)(F)F)cc2C#N)c(Cl)cc1OCCCCO. The van der Waals surface area contributed by atoms with Gasteiger partial charge in [-0.15, -0.1) is 0 Å². The molecule has 38 heavy (non-hydrogen) atoms. The Balaban J connectivity index is 2.16. The molecule has 0 fully saturated rings. The topological polar surface area (TPSA) is 95.7 Å². The number of carbonyl (C=O) groups excluding carboxylic acids is 1. The molecule has 7 nitrogen and oxygen atoms in total. The summed E-state index contributed by atoms with van der Waals surface area (Å²) in [5.41, 5.74) is -0.0260. The Bertz CT molecular complexity index is 1370. The number of nitriles is 1. The van der Waals surface area contributed by atoms with E-state index < -0.39 is 17.8 Å². The van der Waals surface area contributed by atoms with Crippen LogP contribution in [0.15, 0.2) is 42.6 Å². The highest BCUT2D eigenvalue weighted by Crippen LogP contribution is 2.39. The Morgan fingerprint density at radius 3 is 2.55 bits per heavy atom. The summed E-state index contributed by atoms with van der Waals surface area (Å²) in [6.45, 7) is 1.97. The maximum atomic E-state index is 13.8. The maximum Gasteiger partial charge on any atom is 0.433 e. The van der Waals surface area contributed by atoms with Crippen LogP contribution in [-0.2, 0) is 6.18 Å². The van der Waals surface area contributed by atoms with Crippen LogP contribution >= 0.6 is 11.6 Å². The van der Waals surface area contributed by atoms with E-state index in [1.165, 1.54) is 24.1 Å². The number of aliphatic hydroxyl groups excluding tert-OH is 1. The van der Waals surface area contributed by atoms with E-state index >= 15 is 0 Å². The zero-order valence-electron chi connectivity index (χ0n) is 20.9. The number of para-hydroxylation sites is 1. The van der Waals surface area contributed by atoms with Gasteiger partial charge in [-0.05, 0) is 43.5 Å². The molecular formula is C27H25ClF3N3O4. The second kappa shape index (κ2) is 12.2. The van der Waals surface area contributed by atoms with Crippen LogP contribution in [-0.4, -0.2) is 43.4 Å². The molecule has 1 aromatic heterocycles. The summed E-state index contributed by atoms with van der Waals surface area (Å²) in [4.78, 5) is 18.6. The fraction of sp³-hybridized carbons (Fsp3) is 0.296. The van der Waals surface area contributed by atoms with Crippen molar-refractivity contribution in [2.45, 2.75) is 25.9 Å². The van der Waals surface area contributed by atoms with Gasteiger partial charge in [-0.1, -0.05) is 23.7 Å². The molecule has 2 aromatic carbocycles. The Labute approximate surface area is 223 Å². The van der Waals surface area contributed by atoms with Crippen molar-refractivity contribution in [2.24, 2.45) is 0 Å². The van der Waals surface area contributed by atoms with Crippen LogP contribution in [0.25, 0.3) is 11.1 Å². The van der Waals surface area contributed by atoms with Crippen molar-refractivity contribution in [1.29, 1.82) is 5.26 Å². The number of hydrogen-bond donors (Lipinski definition) is 1. The fourth-order valence-corrected chi connectivity index (χ4v) is 4.13. The average Bonchev–Trinajstić information content (AvgIpc) is 2.89. The standard InChI is InChI=1S/C27H25ClF3N3O4/c1-16-7-6-8-22(37-3)25(16)34(2)26(36)19-12-18(21(28)13-23(19)38-10-5-4-9-35)20-15-33-24(27(29,30)31)11-17(20)14-32/h6-8,11-13,15,35H,4-5,9-10H2,1-3H3. The van der Waals surface area contributed by atoms with Gasteiger partial charge in [-0.3, -0.25) is 9.78 Å². The quantitative estimate of drug-likeness (QED) is 0.328. The molecule has 11 heteroatoms. The number of halogens is 4. The van der Waals surface area contributed by atoms with Crippen molar-refractivity contribution in [1.82, 2.24) is 4.98 Å². The van der Waals surface area contributed by atoms with E-state index in [-0.39, 0.29) is 46.2 Å². The first kappa shape index (κ1) is 28.8. The van der Waals surface area contributed by atoms with Gasteiger partial charge in [0.15, 0.2) is 0 Å². The number of unbranched alkanes of at least 4 members (excludes halogenated alkanes) is 1. The highest BCUT2D eigenvalue weighted by atomic mass is 35.5. The first-order valence-electron chi connectivity index (χ1n) is 11.5. The van der Waals surface area contributed by atoms with Crippen molar-refractivity contribution in [3.8, 4) is 28.7 Å². The number of ether oxygens (including phenoxy) is 2. The second-order valence-electron chi connectivity index (χ2n) is 8.32. The number of aryl methyl sites for hydroxylation is 1. The van der Waals surface area contributed by atoms with Crippen LogP contribution in [0.3, 0.4) is 0 Å². The summed E-state index contributed by atoms with van der Waals surface area (Å²) in [5.74, 6) is 0.0877. The summed E-state index contributed by atoms with van der Waals surface area (Å²) in [6, 6.07) is 10.4. The molecule has 0 saturated carbocycles. The van der Waals surface area contributed by atoms with Crippen molar-refractivity contribution >= 4 is 23.2 Å². The summed E-state index contributed by atoms with van der Waals surface area (Å²) < 4.78 is 50.8. The van der Waals surface area contributed by atoms with Gasteiger partial charge in [0.2, 0.25) is 0 Å². The van der Waals surface area contributed by atoms with Crippen LogP contribution < -0.4 is 14.4 Å². The van der Waals surface area contributed by atoms with Crippen LogP contribution in [0.2, 0.25) is 5.02 Å². The molecule has 1 N–H and O–H groups in total. The van der Waals surface area contributed by atoms with Gasteiger partial charge in [-0.25, -0.2) is 0 Å². The van der Waals surface area contributed by atoms with Crippen molar-refractivity contribution < 1.29 is 32.5 Å². The van der Waals surface area contributed by atoms with Gasteiger partial charge in [0.25, 0.3) is 5.91 Å². The number of carbonyl (C=O) groups is 1. The predicted molar refractivity (Wildman–Crippen MR) is 137 cm³/mol. The molecule has 1 heterocycles. The molecule has 200 valence electrons. The number of methoxy groups -OCH3 is 1. The average molecular weight is 548 g/mol. The lowest BCUT2D eigenvalue weighted by Gasteiger charge is -2.24. The third kappa shape index (κ3) is 6.18. The monoisotopic (exact) mass is 547 g/mol. The molecule has 0 aliphatic heterocycles. The molecule has 0 aliphatic carbocycles. The normalized spacial score (nSPS) is 11.1. The van der Waals surface area contributed by atoms with Gasteiger partial charge in [0, 0.05) is 37.0 Å². The summed E-state index contributed by atoms with van der Waals surface area (Å²) in [5, 5.41) is 18.7. The van der Waals surface area contributed by atoms with Gasteiger partial charge in [0.1, 0.15) is 17.2 Å². The van der Waals surface area contributed by atoms with E-state index in [0.717, 1.165) is 11.8 Å². The smallest absolute Gasteiger partial charge is 0.433 e. The number of hydrogen-bond acceptors (Lipinski definition) is 6. The second-order valence-corrected chi connectivity index (χ2v) is 8.73. The first-order valence-corrected chi connectivity index (χ1v) is 11.9. The van der Waals surface area contributed by atoms with Crippen molar-refractivity contribution in [3.05, 3.63) is 70.0 Å². The molecule has 3 aromatic rings. The lowest BCUT2D eigenvalue weighted by molar-refractivity contribution is -0.141. The molecule has 0 bridgehead atoms. The molecule has 0 aliphatic rings. The van der Waals surface area contributed by atoms with E-state index in [1.807, 2.05) is 13.0 Å². The predicted octanol–water partition coefficient (Wildman–Crippen LogP) is 6.04. The number of amides is 1. The number of rotatable bonds is 9. The third-order valence-electron chi connectivity index (χ3n) is 5.78. The van der Waals surface area contributed by atoms with E-state index in [0.29, 0.717) is 30.3 Å². The van der Waals surface area contributed by atoms with Crippen LogP contribution in [0, 0.1) is 18.3 Å². The fourth-order valence-electron chi connectivity index (χ4n) is 3.87. The van der Waals surface area contributed by atoms with Crippen LogP contribution in [0.5, 0.6) is 11.5 Å². The minimum absolute atomic E-state index is 0.0253. The number of pyridine rings is 1. The van der Waals surface area contributed by atoms with E-state index in [9.17, 15) is 23.2 Å². The number of aromatic nitrogens is 1. The highest BCUT2D eigenvalue weighted by molar-refractivity contribution is 6.34. The zero-order valence-corrected chi connectivity index (χ0v) is 21.7. The highest BCUT2D eigenvalue weighted by Gasteiger charge is 2.33. The molecule has 0 spiro atoms. The third-order valence-corrected chi connectivity index (χ3v) is 6.09. The Morgan fingerprint density at radius 1 is 1.18 bits per heavy atom. The molecule has 3 rings (SSSR count). The molecule has 0 radical (unpaired) electrons. The first-order chi connectivity index (χ1) is 18.0. The van der Waals surface area contributed by atoms with Crippen molar-refractivity contribution in [3.63, 3.8) is 0 Å². The minimum Gasteiger partial charge on any atom is -0.495 e.